The van der Waals surface area contributed by atoms with E-state index in [0.717, 1.165) is 28.4 Å². The summed E-state index contributed by atoms with van der Waals surface area (Å²) < 4.78 is 0. The SMILES string of the molecule is CNCc1cc(Cl)ccc1-c1cnccn1. The van der Waals surface area contributed by atoms with Gasteiger partial charge in [-0.1, -0.05) is 17.7 Å². The molecule has 1 N–H and O–H groups in total. The van der Waals surface area contributed by atoms with Gasteiger partial charge in [0.05, 0.1) is 11.9 Å². The molecule has 0 saturated carbocycles. The number of hydrogen-bond donors (Lipinski definition) is 1. The van der Waals surface area contributed by atoms with E-state index in [1.807, 2.05) is 25.2 Å². The van der Waals surface area contributed by atoms with Gasteiger partial charge in [-0.3, -0.25) is 9.97 Å². The molecular weight excluding hydrogens is 222 g/mol. The predicted molar refractivity (Wildman–Crippen MR) is 65.2 cm³/mol. The number of nitrogens with zero attached hydrogens (tertiary/aromatic N) is 2. The number of hydrogen-bond acceptors (Lipinski definition) is 3. The summed E-state index contributed by atoms with van der Waals surface area (Å²) in [7, 11) is 1.90. The number of benzene rings is 1. The van der Waals surface area contributed by atoms with Crippen LogP contribution in [0.2, 0.25) is 5.02 Å². The van der Waals surface area contributed by atoms with Gasteiger partial charge in [0.15, 0.2) is 0 Å². The minimum absolute atomic E-state index is 0.734. The normalized spacial score (nSPS) is 10.4. The van der Waals surface area contributed by atoms with Crippen molar-refractivity contribution in [1.29, 1.82) is 0 Å². The average Bonchev–Trinajstić information content (AvgIpc) is 2.31. The van der Waals surface area contributed by atoms with Crippen molar-refractivity contribution in [2.24, 2.45) is 0 Å². The van der Waals surface area contributed by atoms with Crippen molar-refractivity contribution in [3.8, 4) is 11.3 Å². The molecule has 2 rings (SSSR count). The standard InChI is InChI=1S/C12H12ClN3/c1-14-7-9-6-10(13)2-3-11(9)12-8-15-4-5-16-12/h2-6,8,14H,7H2,1H3. The zero-order valence-corrected chi connectivity index (χ0v) is 9.70. The Morgan fingerprint density at radius 2 is 2.19 bits per heavy atom. The Hall–Kier alpha value is -1.45. The van der Waals surface area contributed by atoms with Crippen molar-refractivity contribution < 1.29 is 0 Å². The Morgan fingerprint density at radius 3 is 2.88 bits per heavy atom. The average molecular weight is 234 g/mol. The molecule has 1 heterocycles. The Balaban J connectivity index is 2.48. The zero-order chi connectivity index (χ0) is 11.4. The van der Waals surface area contributed by atoms with E-state index in [0.29, 0.717) is 0 Å². The van der Waals surface area contributed by atoms with Crippen LogP contribution in [0.25, 0.3) is 11.3 Å². The molecule has 0 atom stereocenters. The first-order valence-corrected chi connectivity index (χ1v) is 5.38. The molecule has 0 radical (unpaired) electrons. The second-order valence-electron chi connectivity index (χ2n) is 3.42. The third-order valence-corrected chi connectivity index (χ3v) is 2.51. The molecule has 0 aliphatic heterocycles. The molecule has 4 heteroatoms. The van der Waals surface area contributed by atoms with Crippen molar-refractivity contribution in [2.75, 3.05) is 7.05 Å². The third-order valence-electron chi connectivity index (χ3n) is 2.27. The van der Waals surface area contributed by atoms with E-state index in [4.69, 9.17) is 11.6 Å². The fraction of sp³-hybridized carbons (Fsp3) is 0.167. The van der Waals surface area contributed by atoms with Gasteiger partial charge in [-0.2, -0.15) is 0 Å². The van der Waals surface area contributed by atoms with Gasteiger partial charge in [-0.25, -0.2) is 0 Å². The lowest BCUT2D eigenvalue weighted by Crippen LogP contribution is -2.06. The predicted octanol–water partition coefficient (Wildman–Crippen LogP) is 2.52. The summed E-state index contributed by atoms with van der Waals surface area (Å²) in [5.74, 6) is 0. The molecule has 82 valence electrons. The first kappa shape index (κ1) is 11.0. The number of halogens is 1. The van der Waals surface area contributed by atoms with Crippen molar-refractivity contribution >= 4 is 11.6 Å². The van der Waals surface area contributed by atoms with E-state index in [1.165, 1.54) is 0 Å². The molecule has 0 spiro atoms. The fourth-order valence-electron chi connectivity index (χ4n) is 1.59. The van der Waals surface area contributed by atoms with E-state index in [9.17, 15) is 0 Å². The summed E-state index contributed by atoms with van der Waals surface area (Å²) in [6, 6.07) is 5.78. The summed E-state index contributed by atoms with van der Waals surface area (Å²) in [4.78, 5) is 8.36. The van der Waals surface area contributed by atoms with E-state index >= 15 is 0 Å². The van der Waals surface area contributed by atoms with Gasteiger partial charge in [0.2, 0.25) is 0 Å². The maximum absolute atomic E-state index is 5.98. The highest BCUT2D eigenvalue weighted by atomic mass is 35.5. The van der Waals surface area contributed by atoms with Crippen LogP contribution in [0.3, 0.4) is 0 Å². The first-order chi connectivity index (χ1) is 7.81. The van der Waals surface area contributed by atoms with Crippen molar-refractivity contribution in [2.45, 2.75) is 6.54 Å². The molecule has 0 bridgehead atoms. The minimum atomic E-state index is 0.734. The van der Waals surface area contributed by atoms with Crippen LogP contribution in [0.5, 0.6) is 0 Å². The van der Waals surface area contributed by atoms with Gasteiger partial charge >= 0.3 is 0 Å². The maximum Gasteiger partial charge on any atom is 0.0888 e. The molecule has 16 heavy (non-hydrogen) atoms. The van der Waals surface area contributed by atoms with Crippen molar-refractivity contribution in [1.82, 2.24) is 15.3 Å². The molecule has 0 aliphatic rings. The molecule has 0 amide bonds. The van der Waals surface area contributed by atoms with Gasteiger partial charge < -0.3 is 5.32 Å². The van der Waals surface area contributed by atoms with Crippen LogP contribution in [0, 0.1) is 0 Å². The largest absolute Gasteiger partial charge is 0.316 e. The molecule has 0 fully saturated rings. The van der Waals surface area contributed by atoms with Crippen LogP contribution in [0.4, 0.5) is 0 Å². The minimum Gasteiger partial charge on any atom is -0.316 e. The van der Waals surface area contributed by atoms with Gasteiger partial charge in [0.1, 0.15) is 0 Å². The maximum atomic E-state index is 5.98. The molecule has 1 aromatic carbocycles. The Labute approximate surface area is 99.5 Å². The zero-order valence-electron chi connectivity index (χ0n) is 8.94. The van der Waals surface area contributed by atoms with Crippen molar-refractivity contribution in [3.63, 3.8) is 0 Å². The summed E-state index contributed by atoms with van der Waals surface area (Å²) >= 11 is 5.98. The van der Waals surface area contributed by atoms with Crippen LogP contribution >= 0.6 is 11.6 Å². The van der Waals surface area contributed by atoms with E-state index in [-0.39, 0.29) is 0 Å². The number of rotatable bonds is 3. The Bertz CT molecular complexity index is 471. The highest BCUT2D eigenvalue weighted by Gasteiger charge is 2.06. The molecule has 1 aromatic heterocycles. The van der Waals surface area contributed by atoms with Crippen molar-refractivity contribution in [3.05, 3.63) is 47.4 Å². The smallest absolute Gasteiger partial charge is 0.0888 e. The topological polar surface area (TPSA) is 37.8 Å². The molecule has 0 saturated heterocycles. The third kappa shape index (κ3) is 2.38. The number of nitrogens with one attached hydrogen (secondary N) is 1. The van der Waals surface area contributed by atoms with E-state index < -0.39 is 0 Å². The van der Waals surface area contributed by atoms with E-state index in [1.54, 1.807) is 18.6 Å². The monoisotopic (exact) mass is 233 g/mol. The molecular formula is C12H12ClN3. The Morgan fingerprint density at radius 1 is 1.31 bits per heavy atom. The fourth-order valence-corrected chi connectivity index (χ4v) is 1.78. The van der Waals surface area contributed by atoms with Gasteiger partial charge in [-0.15, -0.1) is 0 Å². The molecule has 0 aliphatic carbocycles. The van der Waals surface area contributed by atoms with Crippen LogP contribution in [0.15, 0.2) is 36.8 Å². The van der Waals surface area contributed by atoms with Gasteiger partial charge in [-0.05, 0) is 24.7 Å². The lowest BCUT2D eigenvalue weighted by atomic mass is 10.0. The summed E-state index contributed by atoms with van der Waals surface area (Å²) in [6.07, 6.45) is 5.10. The summed E-state index contributed by atoms with van der Waals surface area (Å²) in [5, 5.41) is 3.85. The molecule has 0 unspecified atom stereocenters. The summed E-state index contributed by atoms with van der Waals surface area (Å²) in [5.41, 5.74) is 3.05. The quantitative estimate of drug-likeness (QED) is 0.885. The lowest BCUT2D eigenvalue weighted by molar-refractivity contribution is 0.819. The lowest BCUT2D eigenvalue weighted by Gasteiger charge is -2.08. The van der Waals surface area contributed by atoms with Crippen LogP contribution in [-0.4, -0.2) is 17.0 Å². The highest BCUT2D eigenvalue weighted by molar-refractivity contribution is 6.30. The van der Waals surface area contributed by atoms with Gasteiger partial charge in [0, 0.05) is 29.5 Å². The summed E-state index contributed by atoms with van der Waals surface area (Å²) in [6.45, 7) is 0.756. The first-order valence-electron chi connectivity index (χ1n) is 5.00. The van der Waals surface area contributed by atoms with Crippen LogP contribution < -0.4 is 5.32 Å². The Kier molecular flexibility index (Phi) is 3.49. The molecule has 2 aromatic rings. The highest BCUT2D eigenvalue weighted by Crippen LogP contribution is 2.24. The van der Waals surface area contributed by atoms with E-state index in [2.05, 4.69) is 15.3 Å². The second kappa shape index (κ2) is 5.05. The van der Waals surface area contributed by atoms with Gasteiger partial charge in [0.25, 0.3) is 0 Å². The number of aromatic nitrogens is 2. The molecule has 3 nitrogen and oxygen atoms in total. The second-order valence-corrected chi connectivity index (χ2v) is 3.86. The van der Waals surface area contributed by atoms with Crippen LogP contribution in [0.1, 0.15) is 5.56 Å². The van der Waals surface area contributed by atoms with Crippen LogP contribution in [-0.2, 0) is 6.54 Å².